The van der Waals surface area contributed by atoms with Gasteiger partial charge in [0.05, 0.1) is 25.1 Å². The number of imidazole rings is 1. The van der Waals surface area contributed by atoms with Gasteiger partial charge in [-0.05, 0) is 12.7 Å². The summed E-state index contributed by atoms with van der Waals surface area (Å²) in [6.45, 7) is 1.63. The third-order valence-corrected chi connectivity index (χ3v) is 5.94. The molecule has 0 aliphatic heterocycles. The number of nitrogen functional groups attached to an aromatic ring is 1. The van der Waals surface area contributed by atoms with Gasteiger partial charge in [-0.25, -0.2) is 15.0 Å². The molecule has 1 unspecified atom stereocenters. The van der Waals surface area contributed by atoms with Crippen LogP contribution in [0.25, 0.3) is 11.2 Å². The summed E-state index contributed by atoms with van der Waals surface area (Å²) in [4.78, 5) is 12.9. The van der Waals surface area contributed by atoms with E-state index in [1.807, 2.05) is 6.26 Å². The molecule has 2 saturated carbocycles. The van der Waals surface area contributed by atoms with Gasteiger partial charge in [0, 0.05) is 11.3 Å². The Balaban J connectivity index is 1.77. The lowest BCUT2D eigenvalue weighted by atomic mass is 9.82. The number of thioether (sulfide) groups is 1. The highest BCUT2D eigenvalue weighted by atomic mass is 32.2. The van der Waals surface area contributed by atoms with E-state index in [9.17, 15) is 15.3 Å². The summed E-state index contributed by atoms with van der Waals surface area (Å²) in [5.74, 6) is 0.164. The van der Waals surface area contributed by atoms with Gasteiger partial charge in [0.2, 0.25) is 0 Å². The number of nitrogens with zero attached hydrogens (tertiary/aromatic N) is 4. The van der Waals surface area contributed by atoms with E-state index in [1.54, 1.807) is 17.8 Å². The molecule has 9 heteroatoms. The van der Waals surface area contributed by atoms with Crippen LogP contribution in [0, 0.1) is 11.3 Å². The van der Waals surface area contributed by atoms with Gasteiger partial charge in [0.15, 0.2) is 16.6 Å². The van der Waals surface area contributed by atoms with Crippen LogP contribution in [0.5, 0.6) is 0 Å². The van der Waals surface area contributed by atoms with Crippen LogP contribution in [0.3, 0.4) is 0 Å². The normalized spacial score (nSPS) is 38.9. The summed E-state index contributed by atoms with van der Waals surface area (Å²) in [5, 5.41) is 31.5. The standard InChI is InChI=1S/C14H19N5O3S/c1-13(4-20)3-6-8(14(6,22)11(13)21)19-5-16-7-9(15)17-12(23-2)18-10(7)19/h5-6,8,11,20-22H,3-4H2,1-2H3,(H2,15,17,18)/t6-,8?,11+,13+,14+/m0/s1. The maximum Gasteiger partial charge on any atom is 0.191 e. The van der Waals surface area contributed by atoms with Crippen LogP contribution in [0.4, 0.5) is 5.82 Å². The van der Waals surface area contributed by atoms with E-state index in [4.69, 9.17) is 5.73 Å². The number of rotatable bonds is 3. The summed E-state index contributed by atoms with van der Waals surface area (Å²) >= 11 is 1.38. The quantitative estimate of drug-likeness (QED) is 0.447. The van der Waals surface area contributed by atoms with Crippen LogP contribution in [0.15, 0.2) is 11.5 Å². The zero-order valence-corrected chi connectivity index (χ0v) is 13.7. The van der Waals surface area contributed by atoms with Crippen molar-refractivity contribution < 1.29 is 15.3 Å². The molecule has 23 heavy (non-hydrogen) atoms. The van der Waals surface area contributed by atoms with Crippen LogP contribution in [0.1, 0.15) is 19.4 Å². The number of nitrogens with two attached hydrogens (primary N) is 1. The maximum atomic E-state index is 10.9. The molecule has 5 N–H and O–H groups in total. The third kappa shape index (κ3) is 1.76. The predicted molar refractivity (Wildman–Crippen MR) is 84.8 cm³/mol. The molecule has 0 spiro atoms. The topological polar surface area (TPSA) is 130 Å². The van der Waals surface area contributed by atoms with Crippen molar-refractivity contribution >= 4 is 28.7 Å². The zero-order valence-electron chi connectivity index (χ0n) is 12.8. The second-order valence-electron chi connectivity index (χ2n) is 6.78. The summed E-state index contributed by atoms with van der Waals surface area (Å²) in [5.41, 5.74) is 5.05. The average molecular weight is 337 g/mol. The zero-order chi connectivity index (χ0) is 16.6. The van der Waals surface area contributed by atoms with Gasteiger partial charge < -0.3 is 25.6 Å². The molecule has 0 bridgehead atoms. The minimum Gasteiger partial charge on any atom is -0.396 e. The van der Waals surface area contributed by atoms with Crippen LogP contribution in [0.2, 0.25) is 0 Å². The van der Waals surface area contributed by atoms with Crippen molar-refractivity contribution in [2.75, 3.05) is 18.6 Å². The minimum atomic E-state index is -1.26. The molecule has 0 amide bonds. The Morgan fingerprint density at radius 1 is 1.48 bits per heavy atom. The molecule has 2 aliphatic rings. The number of aliphatic hydroxyl groups excluding tert-OH is 2. The molecule has 2 aromatic rings. The first-order chi connectivity index (χ1) is 10.9. The number of fused-ring (bicyclic) bond motifs is 2. The molecular formula is C14H19N5O3S. The lowest BCUT2D eigenvalue weighted by Crippen LogP contribution is -2.42. The number of hydrogen-bond acceptors (Lipinski definition) is 8. The number of hydrogen-bond donors (Lipinski definition) is 4. The third-order valence-electron chi connectivity index (χ3n) is 5.40. The first-order valence-electron chi connectivity index (χ1n) is 7.42. The maximum absolute atomic E-state index is 10.9. The van der Waals surface area contributed by atoms with E-state index < -0.39 is 17.1 Å². The smallest absolute Gasteiger partial charge is 0.191 e. The van der Waals surface area contributed by atoms with E-state index in [1.165, 1.54) is 11.8 Å². The highest BCUT2D eigenvalue weighted by Gasteiger charge is 2.77. The largest absolute Gasteiger partial charge is 0.396 e. The van der Waals surface area contributed by atoms with Gasteiger partial charge in [-0.2, -0.15) is 0 Å². The molecular weight excluding hydrogens is 318 g/mol. The molecule has 0 radical (unpaired) electrons. The van der Waals surface area contributed by atoms with Gasteiger partial charge >= 0.3 is 0 Å². The Morgan fingerprint density at radius 3 is 2.78 bits per heavy atom. The molecule has 2 heterocycles. The molecule has 8 nitrogen and oxygen atoms in total. The molecule has 2 fully saturated rings. The Bertz CT molecular complexity index is 798. The first-order valence-corrected chi connectivity index (χ1v) is 8.64. The Labute approximate surface area is 136 Å². The predicted octanol–water partition coefficient (Wildman–Crippen LogP) is -0.204. The van der Waals surface area contributed by atoms with Gasteiger partial charge in [-0.3, -0.25) is 0 Å². The van der Waals surface area contributed by atoms with Gasteiger partial charge in [0.25, 0.3) is 0 Å². The fourth-order valence-corrected chi connectivity index (χ4v) is 4.41. The lowest BCUT2D eigenvalue weighted by molar-refractivity contribution is -0.0742. The van der Waals surface area contributed by atoms with Crippen molar-refractivity contribution in [3.63, 3.8) is 0 Å². The van der Waals surface area contributed by atoms with E-state index in [0.717, 1.165) is 0 Å². The molecule has 0 aromatic carbocycles. The summed E-state index contributed by atoms with van der Waals surface area (Å²) in [6, 6.07) is -0.314. The molecule has 0 saturated heterocycles. The van der Waals surface area contributed by atoms with Gasteiger partial charge in [-0.15, -0.1) is 0 Å². The van der Waals surface area contributed by atoms with Crippen LogP contribution >= 0.6 is 11.8 Å². The van der Waals surface area contributed by atoms with Crippen LogP contribution in [-0.2, 0) is 0 Å². The fourth-order valence-electron chi connectivity index (χ4n) is 4.04. The molecule has 2 aliphatic carbocycles. The molecule has 2 aromatic heterocycles. The number of aliphatic hydroxyl groups is 3. The molecule has 124 valence electrons. The van der Waals surface area contributed by atoms with Crippen molar-refractivity contribution in [2.24, 2.45) is 11.3 Å². The lowest BCUT2D eigenvalue weighted by Gasteiger charge is -2.32. The fraction of sp³-hybridized carbons (Fsp3) is 0.643. The second kappa shape index (κ2) is 4.56. The highest BCUT2D eigenvalue weighted by molar-refractivity contribution is 7.98. The van der Waals surface area contributed by atoms with Crippen molar-refractivity contribution in [3.8, 4) is 0 Å². The van der Waals surface area contributed by atoms with E-state index in [2.05, 4.69) is 15.0 Å². The Kier molecular flexibility index (Phi) is 3.00. The SMILES string of the molecule is CSc1nc(N)c2ncn(C3[C@@H]4C[C@](C)(CO)[C@@H](O)[C@]34O)c2n1. The monoisotopic (exact) mass is 337 g/mol. The average Bonchev–Trinajstić information content (AvgIpc) is 2.84. The summed E-state index contributed by atoms with van der Waals surface area (Å²) < 4.78 is 1.78. The van der Waals surface area contributed by atoms with Gasteiger partial charge in [-0.1, -0.05) is 18.7 Å². The van der Waals surface area contributed by atoms with Crippen molar-refractivity contribution in [3.05, 3.63) is 6.33 Å². The van der Waals surface area contributed by atoms with E-state index >= 15 is 0 Å². The summed E-state index contributed by atoms with van der Waals surface area (Å²) in [6.07, 6.45) is 2.99. The van der Waals surface area contributed by atoms with Crippen molar-refractivity contribution in [1.82, 2.24) is 19.5 Å². The van der Waals surface area contributed by atoms with Crippen LogP contribution in [-0.4, -0.2) is 59.4 Å². The van der Waals surface area contributed by atoms with Crippen LogP contribution < -0.4 is 5.73 Å². The molecule has 5 atom stereocenters. The van der Waals surface area contributed by atoms with Crippen molar-refractivity contribution in [2.45, 2.75) is 36.2 Å². The number of anilines is 1. The second-order valence-corrected chi connectivity index (χ2v) is 7.55. The summed E-state index contributed by atoms with van der Waals surface area (Å²) in [7, 11) is 0. The highest BCUT2D eigenvalue weighted by Crippen LogP contribution is 2.69. The van der Waals surface area contributed by atoms with Crippen molar-refractivity contribution in [1.29, 1.82) is 0 Å². The Morgan fingerprint density at radius 2 is 2.22 bits per heavy atom. The van der Waals surface area contributed by atoms with Gasteiger partial charge in [0.1, 0.15) is 11.1 Å². The first kappa shape index (κ1) is 15.1. The van der Waals surface area contributed by atoms with E-state index in [0.29, 0.717) is 28.6 Å². The minimum absolute atomic E-state index is 0.138. The molecule has 4 rings (SSSR count). The number of aromatic nitrogens is 4. The van der Waals surface area contributed by atoms with E-state index in [-0.39, 0.29) is 18.6 Å². The Hall–Kier alpha value is -1.42.